The van der Waals surface area contributed by atoms with Crippen molar-refractivity contribution in [1.29, 1.82) is 0 Å². The molecule has 4 nitrogen and oxygen atoms in total. The molecule has 0 aliphatic rings. The highest BCUT2D eigenvalue weighted by Gasteiger charge is 2.44. The van der Waals surface area contributed by atoms with Crippen LogP contribution in [0.15, 0.2) is 0 Å². The van der Waals surface area contributed by atoms with Crippen molar-refractivity contribution in [3.8, 4) is 0 Å². The van der Waals surface area contributed by atoms with E-state index in [1.165, 1.54) is 0 Å². The Balaban J connectivity index is 4.32. The predicted molar refractivity (Wildman–Crippen MR) is 56.6 cm³/mol. The number of rotatable bonds is 6. The van der Waals surface area contributed by atoms with Gasteiger partial charge in [0.05, 0.1) is 0 Å². The van der Waals surface area contributed by atoms with Crippen LogP contribution in [0.3, 0.4) is 0 Å². The molecule has 0 aromatic rings. The van der Waals surface area contributed by atoms with Gasteiger partial charge >= 0.3 is 9.05 Å². The first-order valence-electron chi connectivity index (χ1n) is 5.01. The Labute approximate surface area is 87.7 Å². The summed E-state index contributed by atoms with van der Waals surface area (Å²) in [5.74, 6) is 0. The highest BCUT2D eigenvalue weighted by Crippen LogP contribution is 2.13. The zero-order valence-electron chi connectivity index (χ0n) is 9.90. The maximum absolute atomic E-state index is 9.99. The molecule has 0 spiro atoms. The summed E-state index contributed by atoms with van der Waals surface area (Å²) in [5.41, 5.74) is 0. The molecule has 0 aromatic carbocycles. The van der Waals surface area contributed by atoms with Crippen LogP contribution in [-0.2, 0) is 13.3 Å². The van der Waals surface area contributed by atoms with Gasteiger partial charge in [0.2, 0.25) is 0 Å². The summed E-state index contributed by atoms with van der Waals surface area (Å²) in [5, 5.41) is 0. The van der Waals surface area contributed by atoms with Crippen LogP contribution in [0.2, 0.25) is 0 Å². The summed E-state index contributed by atoms with van der Waals surface area (Å²) in [6.07, 6.45) is -0.322. The second-order valence-electron chi connectivity index (χ2n) is 4.02. The standard InChI is InChI=1S/C9H22O4Si/c1-7(2)11-14(10,12-8(3)4)13-9(5)6/h7-10H,1-6H3. The Morgan fingerprint density at radius 2 is 0.929 bits per heavy atom. The maximum atomic E-state index is 9.99. The van der Waals surface area contributed by atoms with E-state index in [0.717, 1.165) is 0 Å². The zero-order valence-corrected chi connectivity index (χ0v) is 10.9. The summed E-state index contributed by atoms with van der Waals surface area (Å²) in [7, 11) is -3.44. The minimum atomic E-state index is -3.44. The summed E-state index contributed by atoms with van der Waals surface area (Å²) < 4.78 is 15.9. The SMILES string of the molecule is CC(C)O[Si](O)(OC(C)C)OC(C)C. The first-order valence-corrected chi connectivity index (χ1v) is 6.68. The third-order valence-corrected chi connectivity index (χ3v) is 3.46. The lowest BCUT2D eigenvalue weighted by atomic mass is 10.5. The van der Waals surface area contributed by atoms with E-state index in [1.54, 1.807) is 0 Å². The van der Waals surface area contributed by atoms with Crippen LogP contribution < -0.4 is 0 Å². The van der Waals surface area contributed by atoms with E-state index in [2.05, 4.69) is 0 Å². The molecular weight excluding hydrogens is 200 g/mol. The van der Waals surface area contributed by atoms with Gasteiger partial charge in [-0.25, -0.2) is 0 Å². The monoisotopic (exact) mass is 222 g/mol. The van der Waals surface area contributed by atoms with Crippen molar-refractivity contribution in [3.63, 3.8) is 0 Å². The average molecular weight is 222 g/mol. The van der Waals surface area contributed by atoms with Crippen LogP contribution >= 0.6 is 0 Å². The molecule has 0 atom stereocenters. The van der Waals surface area contributed by atoms with E-state index < -0.39 is 9.05 Å². The molecule has 0 rings (SSSR count). The fraction of sp³-hybridized carbons (Fsp3) is 1.00. The summed E-state index contributed by atoms with van der Waals surface area (Å²) >= 11 is 0. The maximum Gasteiger partial charge on any atom is 0.677 e. The van der Waals surface area contributed by atoms with Gasteiger partial charge in [0.15, 0.2) is 0 Å². The smallest absolute Gasteiger partial charge is 0.367 e. The molecule has 0 saturated carbocycles. The van der Waals surface area contributed by atoms with Gasteiger partial charge in [0, 0.05) is 18.3 Å². The Hall–Kier alpha value is 0.0569. The minimum absolute atomic E-state index is 0.107. The number of hydrogen-bond acceptors (Lipinski definition) is 4. The molecule has 0 saturated heterocycles. The van der Waals surface area contributed by atoms with Gasteiger partial charge < -0.3 is 18.1 Å². The average Bonchev–Trinajstić information content (AvgIpc) is 1.76. The van der Waals surface area contributed by atoms with Crippen molar-refractivity contribution in [2.75, 3.05) is 0 Å². The molecule has 0 heterocycles. The van der Waals surface area contributed by atoms with Crippen LogP contribution in [0.1, 0.15) is 41.5 Å². The fourth-order valence-corrected chi connectivity index (χ4v) is 2.93. The molecule has 86 valence electrons. The Morgan fingerprint density at radius 1 is 0.714 bits per heavy atom. The van der Waals surface area contributed by atoms with Gasteiger partial charge in [0.25, 0.3) is 0 Å². The zero-order chi connectivity index (χ0) is 11.4. The van der Waals surface area contributed by atoms with Gasteiger partial charge in [0.1, 0.15) is 0 Å². The molecule has 14 heavy (non-hydrogen) atoms. The number of hydrogen-bond donors (Lipinski definition) is 1. The molecule has 5 heteroatoms. The van der Waals surface area contributed by atoms with Gasteiger partial charge in [-0.05, 0) is 41.5 Å². The lowest BCUT2D eigenvalue weighted by molar-refractivity contribution is -0.0534. The van der Waals surface area contributed by atoms with E-state index in [1.807, 2.05) is 41.5 Å². The molecule has 0 aliphatic carbocycles. The van der Waals surface area contributed by atoms with E-state index in [0.29, 0.717) is 0 Å². The molecular formula is C9H22O4Si. The highest BCUT2D eigenvalue weighted by molar-refractivity contribution is 6.52. The lowest BCUT2D eigenvalue weighted by Gasteiger charge is -2.28. The molecule has 0 aromatic heterocycles. The van der Waals surface area contributed by atoms with E-state index >= 15 is 0 Å². The fourth-order valence-electron chi connectivity index (χ4n) is 0.977. The Morgan fingerprint density at radius 3 is 1.07 bits per heavy atom. The first-order chi connectivity index (χ1) is 6.25. The van der Waals surface area contributed by atoms with Crippen molar-refractivity contribution in [3.05, 3.63) is 0 Å². The lowest BCUT2D eigenvalue weighted by Crippen LogP contribution is -2.50. The van der Waals surface area contributed by atoms with Crippen molar-refractivity contribution in [1.82, 2.24) is 0 Å². The molecule has 1 N–H and O–H groups in total. The van der Waals surface area contributed by atoms with Gasteiger partial charge in [-0.1, -0.05) is 0 Å². The van der Waals surface area contributed by atoms with Crippen LogP contribution in [0, 0.1) is 0 Å². The van der Waals surface area contributed by atoms with Crippen molar-refractivity contribution in [2.24, 2.45) is 0 Å². The molecule has 0 bridgehead atoms. The third kappa shape index (κ3) is 6.50. The molecule has 0 amide bonds. The summed E-state index contributed by atoms with van der Waals surface area (Å²) in [6, 6.07) is 0. The Kier molecular flexibility index (Phi) is 5.85. The minimum Gasteiger partial charge on any atom is -0.367 e. The first kappa shape index (κ1) is 14.1. The second kappa shape index (κ2) is 5.82. The van der Waals surface area contributed by atoms with Gasteiger partial charge in [-0.15, -0.1) is 0 Å². The summed E-state index contributed by atoms with van der Waals surface area (Å²) in [6.45, 7) is 11.0. The quantitative estimate of drug-likeness (QED) is 0.695. The normalized spacial score (nSPS) is 13.3. The molecule has 0 unspecified atom stereocenters. The second-order valence-corrected chi connectivity index (χ2v) is 5.78. The predicted octanol–water partition coefficient (Wildman–Crippen LogP) is 1.69. The van der Waals surface area contributed by atoms with Crippen molar-refractivity contribution in [2.45, 2.75) is 59.9 Å². The topological polar surface area (TPSA) is 47.9 Å². The Bertz CT molecular complexity index is 132. The third-order valence-electron chi connectivity index (χ3n) is 1.15. The summed E-state index contributed by atoms with van der Waals surface area (Å²) in [4.78, 5) is 9.99. The van der Waals surface area contributed by atoms with E-state index in [4.69, 9.17) is 13.3 Å². The molecule has 0 radical (unpaired) electrons. The van der Waals surface area contributed by atoms with Crippen LogP contribution in [-0.4, -0.2) is 32.2 Å². The van der Waals surface area contributed by atoms with Crippen LogP contribution in [0.25, 0.3) is 0 Å². The molecule has 0 fully saturated rings. The van der Waals surface area contributed by atoms with E-state index in [-0.39, 0.29) is 18.3 Å². The van der Waals surface area contributed by atoms with Crippen molar-refractivity contribution >= 4 is 9.05 Å². The van der Waals surface area contributed by atoms with Gasteiger partial charge in [-0.2, -0.15) is 0 Å². The van der Waals surface area contributed by atoms with Crippen LogP contribution in [0.4, 0.5) is 0 Å². The van der Waals surface area contributed by atoms with Gasteiger partial charge in [-0.3, -0.25) is 0 Å². The molecule has 0 aliphatic heterocycles. The largest absolute Gasteiger partial charge is 0.677 e. The van der Waals surface area contributed by atoms with E-state index in [9.17, 15) is 4.80 Å². The van der Waals surface area contributed by atoms with Crippen molar-refractivity contribution < 1.29 is 18.1 Å². The highest BCUT2D eigenvalue weighted by atomic mass is 28.4. The van der Waals surface area contributed by atoms with Crippen LogP contribution in [0.5, 0.6) is 0 Å².